The summed E-state index contributed by atoms with van der Waals surface area (Å²) in [6.07, 6.45) is 4.68. The van der Waals surface area contributed by atoms with Gasteiger partial charge in [-0.2, -0.15) is 0 Å². The predicted octanol–water partition coefficient (Wildman–Crippen LogP) is 0.542. The molecule has 0 amide bonds. The summed E-state index contributed by atoms with van der Waals surface area (Å²) in [5.41, 5.74) is 0. The first-order chi connectivity index (χ1) is 7.36. The third-order valence-electron chi connectivity index (χ3n) is 2.75. The molecule has 15 heavy (non-hydrogen) atoms. The molecule has 0 aromatic heterocycles. The van der Waals surface area contributed by atoms with Gasteiger partial charge in [0.05, 0.1) is 12.7 Å². The molecule has 0 aliphatic carbocycles. The second kappa shape index (κ2) is 8.05. The number of hydrogen-bond donors (Lipinski definition) is 2. The quantitative estimate of drug-likeness (QED) is 0.653. The third-order valence-corrected chi connectivity index (χ3v) is 2.75. The van der Waals surface area contributed by atoms with Gasteiger partial charge in [0.25, 0.3) is 0 Å². The van der Waals surface area contributed by atoms with Crippen molar-refractivity contribution in [2.24, 2.45) is 0 Å². The lowest BCUT2D eigenvalue weighted by atomic mass is 10.1. The van der Waals surface area contributed by atoms with Crippen LogP contribution in [0.3, 0.4) is 0 Å². The highest BCUT2D eigenvalue weighted by Gasteiger charge is 2.15. The third kappa shape index (κ3) is 5.47. The van der Waals surface area contributed by atoms with Crippen LogP contribution in [0.25, 0.3) is 0 Å². The minimum Gasteiger partial charge on any atom is -0.396 e. The number of aliphatic hydroxyl groups is 1. The molecule has 0 aromatic carbocycles. The standard InChI is InChI=1S/C11H23NO3/c1-14-9-10(5-6-13)12-8-11-4-2-3-7-15-11/h10-13H,2-9H2,1H3. The van der Waals surface area contributed by atoms with Crippen LogP contribution in [0, 0.1) is 0 Å². The van der Waals surface area contributed by atoms with Crippen LogP contribution < -0.4 is 5.32 Å². The van der Waals surface area contributed by atoms with Crippen molar-refractivity contribution in [2.45, 2.75) is 37.8 Å². The molecule has 0 bridgehead atoms. The van der Waals surface area contributed by atoms with Crippen molar-refractivity contribution in [3.05, 3.63) is 0 Å². The first-order valence-corrected chi connectivity index (χ1v) is 5.81. The fourth-order valence-electron chi connectivity index (χ4n) is 1.87. The Morgan fingerprint density at radius 3 is 3.00 bits per heavy atom. The summed E-state index contributed by atoms with van der Waals surface area (Å²) in [6, 6.07) is 0.241. The Labute approximate surface area is 92.0 Å². The van der Waals surface area contributed by atoms with Gasteiger partial charge >= 0.3 is 0 Å². The number of ether oxygens (including phenoxy) is 2. The van der Waals surface area contributed by atoms with Crippen LogP contribution in [0.2, 0.25) is 0 Å². The molecule has 4 heteroatoms. The van der Waals surface area contributed by atoms with Gasteiger partial charge in [0.2, 0.25) is 0 Å². The normalized spacial score (nSPS) is 24.0. The maximum absolute atomic E-state index is 8.87. The van der Waals surface area contributed by atoms with Gasteiger partial charge in [-0.3, -0.25) is 0 Å². The maximum Gasteiger partial charge on any atom is 0.0699 e. The van der Waals surface area contributed by atoms with Gasteiger partial charge in [-0.05, 0) is 25.7 Å². The smallest absolute Gasteiger partial charge is 0.0699 e. The summed E-state index contributed by atoms with van der Waals surface area (Å²) < 4.78 is 10.7. The number of hydrogen-bond acceptors (Lipinski definition) is 4. The fraction of sp³-hybridized carbons (Fsp3) is 1.00. The summed E-state index contributed by atoms with van der Waals surface area (Å²) in [5, 5.41) is 12.3. The van der Waals surface area contributed by atoms with E-state index in [2.05, 4.69) is 5.32 Å². The van der Waals surface area contributed by atoms with Crippen LogP contribution >= 0.6 is 0 Å². The summed E-state index contributed by atoms with van der Waals surface area (Å²) >= 11 is 0. The highest BCUT2D eigenvalue weighted by Crippen LogP contribution is 2.11. The second-order valence-electron chi connectivity index (χ2n) is 4.06. The van der Waals surface area contributed by atoms with Crippen molar-refractivity contribution in [3.8, 4) is 0 Å². The van der Waals surface area contributed by atoms with Gasteiger partial charge in [0, 0.05) is 32.9 Å². The van der Waals surface area contributed by atoms with Gasteiger partial charge in [0.1, 0.15) is 0 Å². The number of nitrogens with one attached hydrogen (secondary N) is 1. The molecule has 2 unspecified atom stereocenters. The molecule has 90 valence electrons. The number of methoxy groups -OCH3 is 1. The second-order valence-corrected chi connectivity index (χ2v) is 4.06. The predicted molar refractivity (Wildman–Crippen MR) is 59.0 cm³/mol. The van der Waals surface area contributed by atoms with E-state index in [0.29, 0.717) is 12.7 Å². The Bertz CT molecular complexity index is 143. The van der Waals surface area contributed by atoms with E-state index in [0.717, 1.165) is 26.0 Å². The molecule has 2 N–H and O–H groups in total. The zero-order valence-electron chi connectivity index (χ0n) is 9.58. The average Bonchev–Trinajstić information content (AvgIpc) is 2.28. The number of aliphatic hydroxyl groups excluding tert-OH is 1. The molecule has 1 saturated heterocycles. The lowest BCUT2D eigenvalue weighted by Crippen LogP contribution is -2.40. The molecule has 0 radical (unpaired) electrons. The van der Waals surface area contributed by atoms with Crippen LogP contribution in [-0.2, 0) is 9.47 Å². The van der Waals surface area contributed by atoms with E-state index >= 15 is 0 Å². The van der Waals surface area contributed by atoms with Crippen molar-refractivity contribution in [1.29, 1.82) is 0 Å². The highest BCUT2D eigenvalue weighted by molar-refractivity contribution is 4.71. The van der Waals surface area contributed by atoms with E-state index in [1.54, 1.807) is 7.11 Å². The van der Waals surface area contributed by atoms with Gasteiger partial charge in [-0.25, -0.2) is 0 Å². The molecule has 1 aliphatic heterocycles. The van der Waals surface area contributed by atoms with E-state index in [-0.39, 0.29) is 12.6 Å². The highest BCUT2D eigenvalue weighted by atomic mass is 16.5. The SMILES string of the molecule is COCC(CCO)NCC1CCCCO1. The Morgan fingerprint density at radius 2 is 2.40 bits per heavy atom. The molecular weight excluding hydrogens is 194 g/mol. The average molecular weight is 217 g/mol. The monoisotopic (exact) mass is 217 g/mol. The lowest BCUT2D eigenvalue weighted by molar-refractivity contribution is 0.0127. The molecule has 1 rings (SSSR count). The molecule has 0 saturated carbocycles. The molecule has 4 nitrogen and oxygen atoms in total. The molecular formula is C11H23NO3. The van der Waals surface area contributed by atoms with E-state index < -0.39 is 0 Å². The van der Waals surface area contributed by atoms with Crippen molar-refractivity contribution in [2.75, 3.05) is 33.5 Å². The first kappa shape index (κ1) is 12.9. The van der Waals surface area contributed by atoms with Gasteiger partial charge in [-0.15, -0.1) is 0 Å². The molecule has 2 atom stereocenters. The Balaban J connectivity index is 2.13. The summed E-state index contributed by atoms with van der Waals surface area (Å²) in [4.78, 5) is 0. The first-order valence-electron chi connectivity index (χ1n) is 5.81. The van der Waals surface area contributed by atoms with Crippen LogP contribution in [-0.4, -0.2) is 50.7 Å². The van der Waals surface area contributed by atoms with E-state index in [4.69, 9.17) is 14.6 Å². The summed E-state index contributed by atoms with van der Waals surface area (Å²) in [6.45, 7) is 2.61. The zero-order chi connectivity index (χ0) is 10.9. The van der Waals surface area contributed by atoms with Crippen molar-refractivity contribution >= 4 is 0 Å². The van der Waals surface area contributed by atoms with Crippen LogP contribution in [0.1, 0.15) is 25.7 Å². The largest absolute Gasteiger partial charge is 0.396 e. The fourth-order valence-corrected chi connectivity index (χ4v) is 1.87. The zero-order valence-corrected chi connectivity index (χ0v) is 9.58. The molecule has 1 fully saturated rings. The van der Waals surface area contributed by atoms with Crippen molar-refractivity contribution < 1.29 is 14.6 Å². The topological polar surface area (TPSA) is 50.7 Å². The maximum atomic E-state index is 8.87. The Hall–Kier alpha value is -0.160. The molecule has 1 heterocycles. The summed E-state index contributed by atoms with van der Waals surface area (Å²) in [7, 11) is 1.68. The van der Waals surface area contributed by atoms with E-state index in [1.807, 2.05) is 0 Å². The van der Waals surface area contributed by atoms with Crippen molar-refractivity contribution in [3.63, 3.8) is 0 Å². The van der Waals surface area contributed by atoms with E-state index in [9.17, 15) is 0 Å². The Morgan fingerprint density at radius 1 is 1.53 bits per heavy atom. The van der Waals surface area contributed by atoms with Gasteiger partial charge < -0.3 is 19.9 Å². The Kier molecular flexibility index (Phi) is 6.92. The molecule has 1 aliphatic rings. The molecule has 0 spiro atoms. The van der Waals surface area contributed by atoms with Crippen LogP contribution in [0.5, 0.6) is 0 Å². The summed E-state index contributed by atoms with van der Waals surface area (Å²) in [5.74, 6) is 0. The lowest BCUT2D eigenvalue weighted by Gasteiger charge is -2.25. The van der Waals surface area contributed by atoms with Crippen LogP contribution in [0.15, 0.2) is 0 Å². The van der Waals surface area contributed by atoms with E-state index in [1.165, 1.54) is 12.8 Å². The minimum atomic E-state index is 0.201. The van der Waals surface area contributed by atoms with Crippen molar-refractivity contribution in [1.82, 2.24) is 5.32 Å². The van der Waals surface area contributed by atoms with Gasteiger partial charge in [0.15, 0.2) is 0 Å². The van der Waals surface area contributed by atoms with Crippen LogP contribution in [0.4, 0.5) is 0 Å². The minimum absolute atomic E-state index is 0.201. The van der Waals surface area contributed by atoms with Gasteiger partial charge in [-0.1, -0.05) is 0 Å². The molecule has 0 aromatic rings. The number of rotatable bonds is 7.